The second-order valence-corrected chi connectivity index (χ2v) is 8.13. The molecule has 0 radical (unpaired) electrons. The fraction of sp³-hybridized carbons (Fsp3) is 0.160. The number of hydrogen-bond acceptors (Lipinski definition) is 6. The van der Waals surface area contributed by atoms with Crippen LogP contribution in [0.3, 0.4) is 0 Å². The molecule has 0 bridgehead atoms. The van der Waals surface area contributed by atoms with Gasteiger partial charge in [-0.15, -0.1) is 10.2 Å². The summed E-state index contributed by atoms with van der Waals surface area (Å²) >= 11 is 1.23. The van der Waals surface area contributed by atoms with E-state index in [1.54, 1.807) is 48.1 Å². The van der Waals surface area contributed by atoms with E-state index >= 15 is 0 Å². The van der Waals surface area contributed by atoms with Crippen molar-refractivity contribution in [1.29, 1.82) is 0 Å². The summed E-state index contributed by atoms with van der Waals surface area (Å²) in [6.07, 6.45) is 0. The number of carbonyl (C=O) groups excluding carboxylic acids is 1. The van der Waals surface area contributed by atoms with Crippen molar-refractivity contribution in [2.75, 3.05) is 20.0 Å². The van der Waals surface area contributed by atoms with E-state index < -0.39 is 5.82 Å². The molecule has 0 atom stereocenters. The number of halogens is 1. The molecule has 4 aromatic rings. The van der Waals surface area contributed by atoms with Crippen LogP contribution in [0.2, 0.25) is 0 Å². The summed E-state index contributed by atoms with van der Waals surface area (Å²) in [5, 5.41) is 9.05. The summed E-state index contributed by atoms with van der Waals surface area (Å²) < 4.78 is 27.0. The molecule has 0 unspecified atom stereocenters. The van der Waals surface area contributed by atoms with Crippen molar-refractivity contribution in [2.45, 2.75) is 12.1 Å². The Bertz CT molecular complexity index is 1310. The number of aryl methyl sites for hydroxylation is 1. The molecule has 1 heterocycles. The largest absolute Gasteiger partial charge is 0.497 e. The molecule has 0 aliphatic rings. The van der Waals surface area contributed by atoms with E-state index in [1.807, 2.05) is 31.2 Å². The number of hydrogen-bond donors (Lipinski definition) is 0. The van der Waals surface area contributed by atoms with Gasteiger partial charge in [0.05, 0.1) is 36.8 Å². The van der Waals surface area contributed by atoms with Crippen molar-refractivity contribution >= 4 is 17.5 Å². The highest BCUT2D eigenvalue weighted by Crippen LogP contribution is 2.32. The molecule has 0 amide bonds. The second kappa shape index (κ2) is 9.87. The molecule has 168 valence electrons. The molecule has 3 aromatic carbocycles. The number of methoxy groups -OCH3 is 2. The molecule has 0 saturated heterocycles. The maximum Gasteiger partial charge on any atom is 0.196 e. The number of thioether (sulfide) groups is 1. The summed E-state index contributed by atoms with van der Waals surface area (Å²) in [6, 6.07) is 19.2. The van der Waals surface area contributed by atoms with Crippen molar-refractivity contribution in [3.8, 4) is 28.6 Å². The molecular formula is C25H22FN3O3S. The number of carbonyl (C=O) groups is 1. The molecule has 0 saturated carbocycles. The zero-order chi connectivity index (χ0) is 23.4. The molecule has 0 N–H and O–H groups in total. The number of rotatable bonds is 8. The number of aromatic nitrogens is 3. The van der Waals surface area contributed by atoms with E-state index in [-0.39, 0.29) is 11.5 Å². The molecule has 6 nitrogen and oxygen atoms in total. The van der Waals surface area contributed by atoms with Gasteiger partial charge in [0, 0.05) is 0 Å². The van der Waals surface area contributed by atoms with Crippen LogP contribution in [0.15, 0.2) is 71.9 Å². The Kier molecular flexibility index (Phi) is 6.74. The van der Waals surface area contributed by atoms with E-state index in [0.29, 0.717) is 33.6 Å². The van der Waals surface area contributed by atoms with Crippen LogP contribution in [0.1, 0.15) is 15.9 Å². The van der Waals surface area contributed by atoms with Crippen LogP contribution in [0, 0.1) is 12.7 Å². The van der Waals surface area contributed by atoms with E-state index in [9.17, 15) is 9.18 Å². The van der Waals surface area contributed by atoms with E-state index in [2.05, 4.69) is 10.2 Å². The molecular weight excluding hydrogens is 441 g/mol. The summed E-state index contributed by atoms with van der Waals surface area (Å²) in [4.78, 5) is 13.0. The Hall–Kier alpha value is -3.65. The monoisotopic (exact) mass is 463 g/mol. The third-order valence-electron chi connectivity index (χ3n) is 5.14. The number of ether oxygens (including phenoxy) is 2. The van der Waals surface area contributed by atoms with Gasteiger partial charge in [0.2, 0.25) is 0 Å². The summed E-state index contributed by atoms with van der Waals surface area (Å²) in [5.74, 6) is 0.945. The molecule has 33 heavy (non-hydrogen) atoms. The fourth-order valence-electron chi connectivity index (χ4n) is 3.45. The van der Waals surface area contributed by atoms with Crippen LogP contribution >= 0.6 is 11.8 Å². The lowest BCUT2D eigenvalue weighted by molar-refractivity contribution is 0.101. The van der Waals surface area contributed by atoms with Gasteiger partial charge in [0.1, 0.15) is 17.3 Å². The van der Waals surface area contributed by atoms with Crippen molar-refractivity contribution in [2.24, 2.45) is 0 Å². The summed E-state index contributed by atoms with van der Waals surface area (Å²) in [7, 11) is 3.06. The minimum atomic E-state index is -0.395. The normalized spacial score (nSPS) is 10.8. The first kappa shape index (κ1) is 22.5. The van der Waals surface area contributed by atoms with Gasteiger partial charge in [-0.2, -0.15) is 0 Å². The van der Waals surface area contributed by atoms with Crippen molar-refractivity contribution in [1.82, 2.24) is 14.8 Å². The lowest BCUT2D eigenvalue weighted by Crippen LogP contribution is -2.07. The smallest absolute Gasteiger partial charge is 0.196 e. The van der Waals surface area contributed by atoms with Crippen molar-refractivity contribution in [3.63, 3.8) is 0 Å². The fourth-order valence-corrected chi connectivity index (χ4v) is 4.28. The molecule has 8 heteroatoms. The Morgan fingerprint density at radius 2 is 1.76 bits per heavy atom. The first-order valence-corrected chi connectivity index (χ1v) is 11.2. The third-order valence-corrected chi connectivity index (χ3v) is 6.07. The van der Waals surface area contributed by atoms with Gasteiger partial charge in [-0.1, -0.05) is 42.1 Å². The average Bonchev–Trinajstić information content (AvgIpc) is 3.26. The standard InChI is InChI=1S/C25H22FN3O3S/c1-16-8-4-7-11-21(16)29-24(18-9-5-6-10-20(18)26)27-28-25(29)33-15-22(30)19-14-17(31-2)12-13-23(19)32-3/h4-14H,15H2,1-3H3. The Balaban J connectivity index is 1.72. The van der Waals surface area contributed by atoms with Crippen LogP contribution in [-0.2, 0) is 0 Å². The molecule has 0 aliphatic heterocycles. The van der Waals surface area contributed by atoms with Gasteiger partial charge in [-0.3, -0.25) is 9.36 Å². The lowest BCUT2D eigenvalue weighted by Gasteiger charge is -2.13. The van der Waals surface area contributed by atoms with Crippen molar-refractivity contribution in [3.05, 3.63) is 83.7 Å². The summed E-state index contributed by atoms with van der Waals surface area (Å²) in [5.41, 5.74) is 2.54. The van der Waals surface area contributed by atoms with Gasteiger partial charge in [0.15, 0.2) is 16.8 Å². The Labute approximate surface area is 195 Å². The van der Waals surface area contributed by atoms with E-state index in [1.165, 1.54) is 24.9 Å². The van der Waals surface area contributed by atoms with Crippen LogP contribution in [-0.4, -0.2) is 40.5 Å². The molecule has 4 rings (SSSR count). The Morgan fingerprint density at radius 3 is 2.48 bits per heavy atom. The number of nitrogens with zero attached hydrogens (tertiary/aromatic N) is 3. The third kappa shape index (κ3) is 4.61. The van der Waals surface area contributed by atoms with Crippen molar-refractivity contribution < 1.29 is 18.7 Å². The van der Waals surface area contributed by atoms with E-state index in [4.69, 9.17) is 9.47 Å². The van der Waals surface area contributed by atoms with Crippen LogP contribution in [0.4, 0.5) is 4.39 Å². The van der Waals surface area contributed by atoms with E-state index in [0.717, 1.165) is 11.3 Å². The van der Waals surface area contributed by atoms with Gasteiger partial charge < -0.3 is 9.47 Å². The first-order valence-electron chi connectivity index (χ1n) is 10.2. The second-order valence-electron chi connectivity index (χ2n) is 7.19. The Morgan fingerprint density at radius 1 is 1.00 bits per heavy atom. The highest BCUT2D eigenvalue weighted by Gasteiger charge is 2.21. The van der Waals surface area contributed by atoms with Gasteiger partial charge in [0.25, 0.3) is 0 Å². The quantitative estimate of drug-likeness (QED) is 0.258. The van der Waals surface area contributed by atoms with Gasteiger partial charge >= 0.3 is 0 Å². The zero-order valence-corrected chi connectivity index (χ0v) is 19.2. The van der Waals surface area contributed by atoms with Gasteiger partial charge in [-0.05, 0) is 48.9 Å². The predicted octanol–water partition coefficient (Wildman–Crippen LogP) is 5.37. The highest BCUT2D eigenvalue weighted by molar-refractivity contribution is 7.99. The minimum Gasteiger partial charge on any atom is -0.497 e. The average molecular weight is 464 g/mol. The van der Waals surface area contributed by atoms with Gasteiger partial charge in [-0.25, -0.2) is 4.39 Å². The predicted molar refractivity (Wildman–Crippen MR) is 126 cm³/mol. The number of ketones is 1. The number of Topliss-reactive ketones (excluding diaryl/α,β-unsaturated/α-hetero) is 1. The minimum absolute atomic E-state index is 0.0881. The van der Waals surface area contributed by atoms with Crippen LogP contribution in [0.25, 0.3) is 17.1 Å². The number of para-hydroxylation sites is 1. The first-order chi connectivity index (χ1) is 16.0. The lowest BCUT2D eigenvalue weighted by atomic mass is 10.1. The maximum absolute atomic E-state index is 14.6. The number of benzene rings is 3. The molecule has 0 aliphatic carbocycles. The van der Waals surface area contributed by atoms with Crippen LogP contribution in [0.5, 0.6) is 11.5 Å². The topological polar surface area (TPSA) is 66.2 Å². The zero-order valence-electron chi connectivity index (χ0n) is 18.4. The maximum atomic E-state index is 14.6. The molecule has 1 aromatic heterocycles. The highest BCUT2D eigenvalue weighted by atomic mass is 32.2. The molecule has 0 fully saturated rings. The van der Waals surface area contributed by atoms with Crippen LogP contribution < -0.4 is 9.47 Å². The molecule has 0 spiro atoms. The SMILES string of the molecule is COc1ccc(OC)c(C(=O)CSc2nnc(-c3ccccc3F)n2-c2ccccc2C)c1. The summed E-state index contributed by atoms with van der Waals surface area (Å²) in [6.45, 7) is 1.96.